The maximum absolute atomic E-state index is 5.76. The van der Waals surface area contributed by atoms with Crippen molar-refractivity contribution >= 4 is 17.4 Å². The molecule has 0 saturated heterocycles. The molecule has 0 fully saturated rings. The van der Waals surface area contributed by atoms with E-state index in [4.69, 9.17) is 5.73 Å². The van der Waals surface area contributed by atoms with Crippen molar-refractivity contribution in [1.82, 2.24) is 4.98 Å². The van der Waals surface area contributed by atoms with Gasteiger partial charge in [0.15, 0.2) is 0 Å². The fraction of sp³-hybridized carbons (Fsp3) is 0.500. The first-order chi connectivity index (χ1) is 5.95. The van der Waals surface area contributed by atoms with Crippen LogP contribution in [-0.2, 0) is 5.41 Å². The summed E-state index contributed by atoms with van der Waals surface area (Å²) in [6.45, 7) is 6.45. The predicted octanol–water partition coefficient (Wildman–Crippen LogP) is 2.68. The van der Waals surface area contributed by atoms with Crippen molar-refractivity contribution in [2.45, 2.75) is 31.2 Å². The van der Waals surface area contributed by atoms with Crippen LogP contribution in [0.15, 0.2) is 17.2 Å². The number of nitrogens with zero attached hydrogens (tertiary/aromatic N) is 1. The van der Waals surface area contributed by atoms with Crippen LogP contribution in [0.3, 0.4) is 0 Å². The molecule has 0 amide bonds. The number of hydrogen-bond acceptors (Lipinski definition) is 3. The number of thioether (sulfide) groups is 1. The Bertz CT molecular complexity index is 302. The molecule has 0 saturated carbocycles. The van der Waals surface area contributed by atoms with Crippen LogP contribution in [0.5, 0.6) is 0 Å². The molecule has 1 heterocycles. The van der Waals surface area contributed by atoms with E-state index in [9.17, 15) is 0 Å². The van der Waals surface area contributed by atoms with Crippen LogP contribution in [0, 0.1) is 0 Å². The van der Waals surface area contributed by atoms with Gasteiger partial charge < -0.3 is 5.73 Å². The fourth-order valence-corrected chi connectivity index (χ4v) is 1.53. The van der Waals surface area contributed by atoms with Crippen molar-refractivity contribution in [2.24, 2.45) is 0 Å². The number of aromatic nitrogens is 1. The molecule has 0 atom stereocenters. The molecule has 1 aromatic rings. The van der Waals surface area contributed by atoms with Gasteiger partial charge >= 0.3 is 0 Å². The van der Waals surface area contributed by atoms with E-state index < -0.39 is 0 Å². The summed E-state index contributed by atoms with van der Waals surface area (Å²) >= 11 is 1.59. The van der Waals surface area contributed by atoms with Crippen molar-refractivity contribution in [3.05, 3.63) is 17.8 Å². The molecule has 0 aliphatic rings. The van der Waals surface area contributed by atoms with Crippen LogP contribution < -0.4 is 5.73 Å². The molecule has 3 heteroatoms. The highest BCUT2D eigenvalue weighted by atomic mass is 32.2. The Labute approximate surface area is 83.9 Å². The highest BCUT2D eigenvalue weighted by Crippen LogP contribution is 2.26. The quantitative estimate of drug-likeness (QED) is 0.702. The number of rotatable bonds is 1. The summed E-state index contributed by atoms with van der Waals surface area (Å²) in [4.78, 5) is 4.50. The molecule has 13 heavy (non-hydrogen) atoms. The summed E-state index contributed by atoms with van der Waals surface area (Å²) in [6.07, 6.45) is 1.99. The van der Waals surface area contributed by atoms with Crippen LogP contribution in [0.4, 0.5) is 5.69 Å². The maximum atomic E-state index is 5.76. The van der Waals surface area contributed by atoms with Crippen LogP contribution >= 0.6 is 11.8 Å². The van der Waals surface area contributed by atoms with Crippen molar-refractivity contribution in [3.63, 3.8) is 0 Å². The van der Waals surface area contributed by atoms with Gasteiger partial charge in [-0.2, -0.15) is 0 Å². The molecule has 0 radical (unpaired) electrons. The topological polar surface area (TPSA) is 38.9 Å². The molecule has 2 N–H and O–H groups in total. The summed E-state index contributed by atoms with van der Waals surface area (Å²) in [5, 5.41) is 0.924. The summed E-state index contributed by atoms with van der Waals surface area (Å²) in [7, 11) is 0. The minimum atomic E-state index is 0.0954. The second-order valence-corrected chi connectivity index (χ2v) is 4.84. The van der Waals surface area contributed by atoms with Gasteiger partial charge in [-0.05, 0) is 18.4 Å². The lowest BCUT2D eigenvalue weighted by molar-refractivity contribution is 0.564. The van der Waals surface area contributed by atoms with E-state index in [0.717, 1.165) is 16.4 Å². The first-order valence-electron chi connectivity index (χ1n) is 4.26. The Morgan fingerprint density at radius 2 is 1.92 bits per heavy atom. The van der Waals surface area contributed by atoms with Crippen LogP contribution in [0.25, 0.3) is 0 Å². The molecule has 0 unspecified atom stereocenters. The molecule has 0 aliphatic heterocycles. The van der Waals surface area contributed by atoms with E-state index in [1.165, 1.54) is 0 Å². The van der Waals surface area contributed by atoms with Gasteiger partial charge in [0.25, 0.3) is 0 Å². The summed E-state index contributed by atoms with van der Waals surface area (Å²) in [5.74, 6) is 0. The summed E-state index contributed by atoms with van der Waals surface area (Å²) < 4.78 is 0. The molecule has 1 aromatic heterocycles. The lowest BCUT2D eigenvalue weighted by Gasteiger charge is -2.18. The average molecular weight is 196 g/mol. The van der Waals surface area contributed by atoms with Crippen LogP contribution in [0.1, 0.15) is 26.5 Å². The van der Waals surface area contributed by atoms with Gasteiger partial charge in [-0.15, -0.1) is 11.8 Å². The van der Waals surface area contributed by atoms with E-state index in [0.29, 0.717) is 0 Å². The fourth-order valence-electron chi connectivity index (χ4n) is 1.03. The van der Waals surface area contributed by atoms with Gasteiger partial charge in [0, 0.05) is 11.1 Å². The number of hydrogen-bond donors (Lipinski definition) is 1. The number of anilines is 1. The minimum absolute atomic E-state index is 0.0954. The van der Waals surface area contributed by atoms with Crippen molar-refractivity contribution in [2.75, 3.05) is 12.0 Å². The van der Waals surface area contributed by atoms with Crippen molar-refractivity contribution in [1.29, 1.82) is 0 Å². The normalized spacial score (nSPS) is 11.7. The van der Waals surface area contributed by atoms with E-state index in [1.807, 2.05) is 18.4 Å². The van der Waals surface area contributed by atoms with Gasteiger partial charge in [0.1, 0.15) is 5.03 Å². The zero-order valence-corrected chi connectivity index (χ0v) is 9.40. The number of nitrogens with two attached hydrogens (primary N) is 1. The first kappa shape index (κ1) is 10.4. The van der Waals surface area contributed by atoms with Gasteiger partial charge in [-0.3, -0.25) is 0 Å². The molecule has 0 aromatic carbocycles. The van der Waals surface area contributed by atoms with E-state index in [1.54, 1.807) is 11.8 Å². The Morgan fingerprint density at radius 3 is 2.38 bits per heavy atom. The number of nitrogen functional groups attached to an aromatic ring is 1. The van der Waals surface area contributed by atoms with Crippen LogP contribution in [0.2, 0.25) is 0 Å². The predicted molar refractivity (Wildman–Crippen MR) is 59.1 cm³/mol. The van der Waals surface area contributed by atoms with Crippen molar-refractivity contribution < 1.29 is 0 Å². The third-order valence-corrected chi connectivity index (χ3v) is 2.57. The Morgan fingerprint density at radius 1 is 1.31 bits per heavy atom. The second kappa shape index (κ2) is 3.58. The molecule has 2 nitrogen and oxygen atoms in total. The summed E-state index contributed by atoms with van der Waals surface area (Å²) in [5.41, 5.74) is 7.71. The monoisotopic (exact) mass is 196 g/mol. The second-order valence-electron chi connectivity index (χ2n) is 4.04. The van der Waals surface area contributed by atoms with Gasteiger partial charge in [0.2, 0.25) is 0 Å². The highest BCUT2D eigenvalue weighted by molar-refractivity contribution is 7.98. The molecule has 0 aliphatic carbocycles. The zero-order chi connectivity index (χ0) is 10.1. The van der Waals surface area contributed by atoms with E-state index in [2.05, 4.69) is 25.8 Å². The standard InChI is InChI=1S/C10H16N2S/c1-10(2,3)8-6-5-7(11)9(12-8)13-4/h5-6H,11H2,1-4H3. The van der Waals surface area contributed by atoms with E-state index >= 15 is 0 Å². The summed E-state index contributed by atoms with van der Waals surface area (Å²) in [6, 6.07) is 3.93. The van der Waals surface area contributed by atoms with Crippen LogP contribution in [-0.4, -0.2) is 11.2 Å². The minimum Gasteiger partial charge on any atom is -0.397 e. The van der Waals surface area contributed by atoms with Gasteiger partial charge in [-0.25, -0.2) is 4.98 Å². The van der Waals surface area contributed by atoms with E-state index in [-0.39, 0.29) is 5.41 Å². The third-order valence-electron chi connectivity index (χ3n) is 1.85. The Kier molecular flexibility index (Phi) is 2.86. The zero-order valence-electron chi connectivity index (χ0n) is 8.59. The largest absolute Gasteiger partial charge is 0.397 e. The smallest absolute Gasteiger partial charge is 0.119 e. The Balaban J connectivity index is 3.14. The van der Waals surface area contributed by atoms with Crippen molar-refractivity contribution in [3.8, 4) is 0 Å². The lowest BCUT2D eigenvalue weighted by Crippen LogP contribution is -2.14. The maximum Gasteiger partial charge on any atom is 0.119 e. The molecule has 1 rings (SSSR count). The molecule has 72 valence electrons. The molecular weight excluding hydrogens is 180 g/mol. The Hall–Kier alpha value is -0.700. The highest BCUT2D eigenvalue weighted by Gasteiger charge is 2.16. The SMILES string of the molecule is CSc1nc(C(C)(C)C)ccc1N. The van der Waals surface area contributed by atoms with Gasteiger partial charge in [-0.1, -0.05) is 20.8 Å². The molecular formula is C10H16N2S. The third kappa shape index (κ3) is 2.37. The average Bonchev–Trinajstić information content (AvgIpc) is 2.03. The molecule has 0 spiro atoms. The first-order valence-corrected chi connectivity index (χ1v) is 5.48. The number of pyridine rings is 1. The van der Waals surface area contributed by atoms with Gasteiger partial charge in [0.05, 0.1) is 5.69 Å². The lowest BCUT2D eigenvalue weighted by atomic mass is 9.92. The molecule has 0 bridgehead atoms.